The minimum absolute atomic E-state index is 0.155. The van der Waals surface area contributed by atoms with Crippen LogP contribution in [-0.2, 0) is 9.53 Å². The molecule has 2 aromatic rings. The zero-order valence-electron chi connectivity index (χ0n) is 12.2. The first-order valence-electron chi connectivity index (χ1n) is 7.22. The van der Waals surface area contributed by atoms with Crippen molar-refractivity contribution < 1.29 is 9.53 Å². The molecule has 2 N–H and O–H groups in total. The number of carbonyl (C=O) groups is 1. The highest BCUT2D eigenvalue weighted by Gasteiger charge is 2.23. The third kappa shape index (κ3) is 4.34. The second kappa shape index (κ2) is 7.17. The molecular formula is C16H15Cl2N3O2. The molecule has 1 fully saturated rings. The molecule has 1 aromatic heterocycles. The van der Waals surface area contributed by atoms with Gasteiger partial charge in [-0.05, 0) is 43.2 Å². The number of pyridine rings is 1. The molecule has 5 nitrogen and oxygen atoms in total. The fraction of sp³-hybridized carbons (Fsp3) is 0.250. The fourth-order valence-corrected chi connectivity index (χ4v) is 2.85. The van der Waals surface area contributed by atoms with Crippen molar-refractivity contribution in [3.63, 3.8) is 0 Å². The molecule has 7 heteroatoms. The molecule has 1 saturated heterocycles. The summed E-state index contributed by atoms with van der Waals surface area (Å²) in [5.74, 6) is 0.331. The van der Waals surface area contributed by atoms with Gasteiger partial charge >= 0.3 is 0 Å². The van der Waals surface area contributed by atoms with Gasteiger partial charge in [0.05, 0.1) is 11.9 Å². The number of aromatic nitrogens is 1. The minimum Gasteiger partial charge on any atom is -0.368 e. The molecule has 0 bridgehead atoms. The highest BCUT2D eigenvalue weighted by atomic mass is 35.5. The molecule has 2 heterocycles. The minimum atomic E-state index is -0.372. The number of amides is 1. The Bertz CT molecular complexity index is 681. The van der Waals surface area contributed by atoms with E-state index in [1.165, 1.54) is 0 Å². The summed E-state index contributed by atoms with van der Waals surface area (Å²) in [6, 6.07) is 8.73. The summed E-state index contributed by atoms with van der Waals surface area (Å²) in [5, 5.41) is 7.00. The highest BCUT2D eigenvalue weighted by Crippen LogP contribution is 2.25. The molecule has 0 spiro atoms. The number of carbonyl (C=O) groups excluding carboxylic acids is 1. The molecule has 1 atom stereocenters. The van der Waals surface area contributed by atoms with Crippen LogP contribution in [0.25, 0.3) is 0 Å². The smallest absolute Gasteiger partial charge is 0.254 e. The molecule has 23 heavy (non-hydrogen) atoms. The van der Waals surface area contributed by atoms with Gasteiger partial charge < -0.3 is 15.4 Å². The molecule has 1 aliphatic rings. The predicted molar refractivity (Wildman–Crippen MR) is 91.6 cm³/mol. The zero-order chi connectivity index (χ0) is 16.2. The maximum absolute atomic E-state index is 11.9. The van der Waals surface area contributed by atoms with Crippen molar-refractivity contribution in [1.82, 2.24) is 4.98 Å². The predicted octanol–water partition coefficient (Wildman–Crippen LogP) is 4.25. The van der Waals surface area contributed by atoms with E-state index < -0.39 is 0 Å². The van der Waals surface area contributed by atoms with Crippen LogP contribution < -0.4 is 10.6 Å². The van der Waals surface area contributed by atoms with Gasteiger partial charge in [-0.15, -0.1) is 0 Å². The number of nitrogens with one attached hydrogen (secondary N) is 2. The van der Waals surface area contributed by atoms with Crippen LogP contribution >= 0.6 is 23.2 Å². The monoisotopic (exact) mass is 351 g/mol. The molecule has 3 rings (SSSR count). The van der Waals surface area contributed by atoms with Crippen LogP contribution in [-0.4, -0.2) is 23.6 Å². The van der Waals surface area contributed by atoms with Crippen molar-refractivity contribution >= 4 is 46.3 Å². The number of benzene rings is 1. The van der Waals surface area contributed by atoms with E-state index in [0.29, 0.717) is 22.5 Å². The molecule has 1 aromatic carbocycles. The van der Waals surface area contributed by atoms with Crippen molar-refractivity contribution in [3.05, 3.63) is 46.6 Å². The summed E-state index contributed by atoms with van der Waals surface area (Å²) in [7, 11) is 0. The lowest BCUT2D eigenvalue weighted by molar-refractivity contribution is -0.124. The summed E-state index contributed by atoms with van der Waals surface area (Å²) in [6.45, 7) is 0.635. The standard InChI is InChI=1S/C16H15Cl2N3O2/c17-10-6-11(18)8-13(7-10)20-12-3-4-15(19-9-12)21-16(22)14-2-1-5-23-14/h3-4,6-9,14,20H,1-2,5H2,(H,19,21,22). The third-order valence-corrected chi connectivity index (χ3v) is 3.82. The van der Waals surface area contributed by atoms with E-state index in [-0.39, 0.29) is 12.0 Å². The molecule has 1 amide bonds. The van der Waals surface area contributed by atoms with Gasteiger partial charge in [0, 0.05) is 22.3 Å². The van der Waals surface area contributed by atoms with Gasteiger partial charge in [0.15, 0.2) is 0 Å². The van der Waals surface area contributed by atoms with Crippen LogP contribution in [0.5, 0.6) is 0 Å². The van der Waals surface area contributed by atoms with Crippen molar-refractivity contribution in [2.45, 2.75) is 18.9 Å². The van der Waals surface area contributed by atoms with E-state index in [1.807, 2.05) is 6.07 Å². The topological polar surface area (TPSA) is 63.2 Å². The van der Waals surface area contributed by atoms with Crippen molar-refractivity contribution in [1.29, 1.82) is 0 Å². The van der Waals surface area contributed by atoms with Crippen LogP contribution in [0.3, 0.4) is 0 Å². The van der Waals surface area contributed by atoms with Gasteiger partial charge in [-0.3, -0.25) is 4.79 Å². The second-order valence-electron chi connectivity index (χ2n) is 5.21. The second-order valence-corrected chi connectivity index (χ2v) is 6.08. The number of anilines is 3. The molecule has 1 aliphatic heterocycles. The van der Waals surface area contributed by atoms with Crippen LogP contribution in [0.15, 0.2) is 36.5 Å². The number of hydrogen-bond donors (Lipinski definition) is 2. The van der Waals surface area contributed by atoms with E-state index in [0.717, 1.165) is 24.2 Å². The van der Waals surface area contributed by atoms with E-state index in [4.69, 9.17) is 27.9 Å². The zero-order valence-corrected chi connectivity index (χ0v) is 13.7. The first-order valence-corrected chi connectivity index (χ1v) is 7.97. The molecular weight excluding hydrogens is 337 g/mol. The van der Waals surface area contributed by atoms with Gasteiger partial charge in [0.2, 0.25) is 0 Å². The Kier molecular flexibility index (Phi) is 5.00. The number of ether oxygens (including phenoxy) is 1. The summed E-state index contributed by atoms with van der Waals surface area (Å²) >= 11 is 11.9. The Hall–Kier alpha value is -1.82. The van der Waals surface area contributed by atoms with Gasteiger partial charge in [0.25, 0.3) is 5.91 Å². The Labute approximate surface area is 144 Å². The maximum Gasteiger partial charge on any atom is 0.254 e. The first-order chi connectivity index (χ1) is 11.1. The van der Waals surface area contributed by atoms with Crippen LogP contribution in [0.1, 0.15) is 12.8 Å². The van der Waals surface area contributed by atoms with Crippen molar-refractivity contribution in [2.75, 3.05) is 17.2 Å². The Morgan fingerprint density at radius 3 is 2.57 bits per heavy atom. The van der Waals surface area contributed by atoms with E-state index in [1.54, 1.807) is 30.5 Å². The third-order valence-electron chi connectivity index (χ3n) is 3.39. The summed E-state index contributed by atoms with van der Waals surface area (Å²) in [5.41, 5.74) is 1.53. The lowest BCUT2D eigenvalue weighted by Crippen LogP contribution is -2.27. The first kappa shape index (κ1) is 16.1. The Morgan fingerprint density at radius 1 is 1.17 bits per heavy atom. The molecule has 0 saturated carbocycles. The molecule has 1 unspecified atom stereocenters. The van der Waals surface area contributed by atoms with Gasteiger partial charge in [-0.25, -0.2) is 4.98 Å². The lowest BCUT2D eigenvalue weighted by atomic mass is 10.2. The van der Waals surface area contributed by atoms with Crippen molar-refractivity contribution in [3.8, 4) is 0 Å². The summed E-state index contributed by atoms with van der Waals surface area (Å²) < 4.78 is 5.33. The number of rotatable bonds is 4. The average molecular weight is 352 g/mol. The summed E-state index contributed by atoms with van der Waals surface area (Å²) in [6.07, 6.45) is 2.92. The fourth-order valence-electron chi connectivity index (χ4n) is 2.33. The van der Waals surface area contributed by atoms with E-state index >= 15 is 0 Å². The number of halogens is 2. The van der Waals surface area contributed by atoms with Crippen LogP contribution in [0.4, 0.5) is 17.2 Å². The lowest BCUT2D eigenvalue weighted by Gasteiger charge is -2.11. The van der Waals surface area contributed by atoms with Crippen LogP contribution in [0, 0.1) is 0 Å². The highest BCUT2D eigenvalue weighted by molar-refractivity contribution is 6.35. The summed E-state index contributed by atoms with van der Waals surface area (Å²) in [4.78, 5) is 16.2. The molecule has 120 valence electrons. The normalized spacial score (nSPS) is 17.0. The molecule has 0 aliphatic carbocycles. The van der Waals surface area contributed by atoms with E-state index in [9.17, 15) is 4.79 Å². The SMILES string of the molecule is O=C(Nc1ccc(Nc2cc(Cl)cc(Cl)c2)cn1)C1CCCO1. The Morgan fingerprint density at radius 2 is 1.96 bits per heavy atom. The van der Waals surface area contributed by atoms with Gasteiger partial charge in [-0.2, -0.15) is 0 Å². The average Bonchev–Trinajstić information content (AvgIpc) is 3.02. The molecule has 0 radical (unpaired) electrons. The van der Waals surface area contributed by atoms with Gasteiger partial charge in [-0.1, -0.05) is 23.2 Å². The Balaban J connectivity index is 1.63. The van der Waals surface area contributed by atoms with E-state index in [2.05, 4.69) is 15.6 Å². The van der Waals surface area contributed by atoms with Crippen molar-refractivity contribution in [2.24, 2.45) is 0 Å². The quantitative estimate of drug-likeness (QED) is 0.864. The largest absolute Gasteiger partial charge is 0.368 e. The maximum atomic E-state index is 11.9. The number of hydrogen-bond acceptors (Lipinski definition) is 4. The number of nitrogens with zero attached hydrogens (tertiary/aromatic N) is 1. The van der Waals surface area contributed by atoms with Gasteiger partial charge in [0.1, 0.15) is 11.9 Å². The van der Waals surface area contributed by atoms with Crippen LogP contribution in [0.2, 0.25) is 10.0 Å².